The van der Waals surface area contributed by atoms with E-state index in [0.29, 0.717) is 28.0 Å². The minimum absolute atomic E-state index is 0.129. The SMILES string of the molecule is C=C(F)/C=C(\C(=C)F)c1cc(Nc2ccncc2CO)c2cccnc2n1. The van der Waals surface area contributed by atoms with Crippen LogP contribution < -0.4 is 5.32 Å². The molecule has 0 bridgehead atoms. The highest BCUT2D eigenvalue weighted by molar-refractivity contribution is 5.94. The molecule has 0 aromatic carbocycles. The van der Waals surface area contributed by atoms with Gasteiger partial charge in [0.15, 0.2) is 5.65 Å². The van der Waals surface area contributed by atoms with Gasteiger partial charge in [0.05, 0.1) is 18.0 Å². The first-order valence-electron chi connectivity index (χ1n) is 7.97. The average molecular weight is 366 g/mol. The average Bonchev–Trinajstić information content (AvgIpc) is 2.66. The normalized spacial score (nSPS) is 11.4. The van der Waals surface area contributed by atoms with Gasteiger partial charge in [0.2, 0.25) is 0 Å². The van der Waals surface area contributed by atoms with Crippen molar-refractivity contribution in [3.05, 3.63) is 85.0 Å². The Morgan fingerprint density at radius 3 is 2.70 bits per heavy atom. The number of aliphatic hydroxyl groups is 1. The molecule has 5 nitrogen and oxygen atoms in total. The van der Waals surface area contributed by atoms with Gasteiger partial charge in [0, 0.05) is 40.8 Å². The maximum absolute atomic E-state index is 13.9. The van der Waals surface area contributed by atoms with E-state index in [1.807, 2.05) is 0 Å². The van der Waals surface area contributed by atoms with Crippen LogP contribution in [-0.2, 0) is 6.61 Å². The maximum Gasteiger partial charge on any atom is 0.161 e. The number of aromatic nitrogens is 3. The summed E-state index contributed by atoms with van der Waals surface area (Å²) in [5.74, 6) is -1.67. The zero-order chi connectivity index (χ0) is 19.4. The summed E-state index contributed by atoms with van der Waals surface area (Å²) in [6, 6.07) is 6.79. The summed E-state index contributed by atoms with van der Waals surface area (Å²) in [6.45, 7) is 6.16. The van der Waals surface area contributed by atoms with Crippen molar-refractivity contribution >= 4 is 28.0 Å². The van der Waals surface area contributed by atoms with Gasteiger partial charge in [-0.3, -0.25) is 4.98 Å². The summed E-state index contributed by atoms with van der Waals surface area (Å²) < 4.78 is 27.2. The molecule has 3 aromatic heterocycles. The van der Waals surface area contributed by atoms with Crippen molar-refractivity contribution < 1.29 is 13.9 Å². The van der Waals surface area contributed by atoms with Gasteiger partial charge in [-0.2, -0.15) is 0 Å². The van der Waals surface area contributed by atoms with Crippen molar-refractivity contribution in [2.24, 2.45) is 0 Å². The number of aliphatic hydroxyl groups excluding tert-OH is 1. The Balaban J connectivity index is 2.19. The van der Waals surface area contributed by atoms with Gasteiger partial charge >= 0.3 is 0 Å². The summed E-state index contributed by atoms with van der Waals surface area (Å²) in [4.78, 5) is 12.5. The Bertz CT molecular complexity index is 1060. The van der Waals surface area contributed by atoms with Crippen LogP contribution in [-0.4, -0.2) is 20.1 Å². The third-order valence-electron chi connectivity index (χ3n) is 3.80. The van der Waals surface area contributed by atoms with Crippen LogP contribution in [0.4, 0.5) is 20.2 Å². The van der Waals surface area contributed by atoms with Gasteiger partial charge in [0.1, 0.15) is 11.7 Å². The van der Waals surface area contributed by atoms with E-state index < -0.39 is 11.7 Å². The Labute approximate surface area is 154 Å². The second-order valence-corrected chi connectivity index (χ2v) is 5.66. The lowest BCUT2D eigenvalue weighted by molar-refractivity contribution is 0.282. The van der Waals surface area contributed by atoms with Crippen LogP contribution in [0.25, 0.3) is 16.6 Å². The van der Waals surface area contributed by atoms with Crippen LogP contribution in [0.5, 0.6) is 0 Å². The summed E-state index contributed by atoms with van der Waals surface area (Å²) in [7, 11) is 0. The van der Waals surface area contributed by atoms with Crippen molar-refractivity contribution in [3.63, 3.8) is 0 Å². The molecule has 0 unspecified atom stereocenters. The van der Waals surface area contributed by atoms with E-state index >= 15 is 0 Å². The van der Waals surface area contributed by atoms with Crippen molar-refractivity contribution in [2.45, 2.75) is 6.61 Å². The zero-order valence-electron chi connectivity index (χ0n) is 14.3. The van der Waals surface area contributed by atoms with E-state index in [9.17, 15) is 13.9 Å². The van der Waals surface area contributed by atoms with E-state index in [1.54, 1.807) is 36.7 Å². The first kappa shape index (κ1) is 18.3. The van der Waals surface area contributed by atoms with E-state index in [1.165, 1.54) is 6.20 Å². The van der Waals surface area contributed by atoms with Gasteiger partial charge in [-0.1, -0.05) is 13.2 Å². The van der Waals surface area contributed by atoms with Crippen molar-refractivity contribution in [1.29, 1.82) is 0 Å². The van der Waals surface area contributed by atoms with E-state index in [-0.39, 0.29) is 17.9 Å². The first-order chi connectivity index (χ1) is 13.0. The number of hydrogen-bond donors (Lipinski definition) is 2. The number of nitrogens with zero attached hydrogens (tertiary/aromatic N) is 3. The molecule has 0 atom stereocenters. The van der Waals surface area contributed by atoms with Crippen LogP contribution >= 0.6 is 0 Å². The minimum Gasteiger partial charge on any atom is -0.392 e. The first-order valence-corrected chi connectivity index (χ1v) is 7.97. The quantitative estimate of drug-likeness (QED) is 0.624. The monoisotopic (exact) mass is 366 g/mol. The maximum atomic E-state index is 13.9. The lowest BCUT2D eigenvalue weighted by Gasteiger charge is -2.14. The molecule has 136 valence electrons. The lowest BCUT2D eigenvalue weighted by atomic mass is 10.1. The number of nitrogens with one attached hydrogen (secondary N) is 1. The fraction of sp³-hybridized carbons (Fsp3) is 0.0500. The molecule has 0 aliphatic rings. The van der Waals surface area contributed by atoms with Crippen molar-refractivity contribution in [1.82, 2.24) is 15.0 Å². The fourth-order valence-corrected chi connectivity index (χ4v) is 2.57. The summed E-state index contributed by atoms with van der Waals surface area (Å²) in [6.07, 6.45) is 5.59. The van der Waals surface area contributed by atoms with Crippen molar-refractivity contribution in [2.75, 3.05) is 5.32 Å². The van der Waals surface area contributed by atoms with E-state index in [0.717, 1.165) is 6.08 Å². The Morgan fingerprint density at radius 1 is 1.19 bits per heavy atom. The fourth-order valence-electron chi connectivity index (χ4n) is 2.57. The molecule has 7 heteroatoms. The number of allylic oxidation sites excluding steroid dienone is 4. The van der Waals surface area contributed by atoms with E-state index in [4.69, 9.17) is 0 Å². The topological polar surface area (TPSA) is 70.9 Å². The second-order valence-electron chi connectivity index (χ2n) is 5.66. The highest BCUT2D eigenvalue weighted by atomic mass is 19.1. The number of halogens is 2. The number of hydrogen-bond acceptors (Lipinski definition) is 5. The smallest absolute Gasteiger partial charge is 0.161 e. The highest BCUT2D eigenvalue weighted by Crippen LogP contribution is 2.31. The Morgan fingerprint density at radius 2 is 2.00 bits per heavy atom. The number of anilines is 2. The second kappa shape index (κ2) is 7.84. The molecule has 0 saturated heterocycles. The molecule has 27 heavy (non-hydrogen) atoms. The molecular formula is C20H16F2N4O. The summed E-state index contributed by atoms with van der Waals surface area (Å²) in [5.41, 5.74) is 2.11. The molecule has 0 radical (unpaired) electrons. The summed E-state index contributed by atoms with van der Waals surface area (Å²) >= 11 is 0. The van der Waals surface area contributed by atoms with Crippen LogP contribution in [0.1, 0.15) is 11.3 Å². The van der Waals surface area contributed by atoms with Crippen LogP contribution in [0.2, 0.25) is 0 Å². The summed E-state index contributed by atoms with van der Waals surface area (Å²) in [5, 5.41) is 13.3. The van der Waals surface area contributed by atoms with Crippen LogP contribution in [0, 0.1) is 0 Å². The largest absolute Gasteiger partial charge is 0.392 e. The molecule has 0 saturated carbocycles. The molecule has 0 fully saturated rings. The molecule has 0 aliphatic heterocycles. The number of fused-ring (bicyclic) bond motifs is 1. The lowest BCUT2D eigenvalue weighted by Crippen LogP contribution is -2.01. The third-order valence-corrected chi connectivity index (χ3v) is 3.80. The van der Waals surface area contributed by atoms with Gasteiger partial charge in [-0.25, -0.2) is 18.7 Å². The third kappa shape index (κ3) is 4.04. The number of rotatable bonds is 6. The van der Waals surface area contributed by atoms with E-state index in [2.05, 4.69) is 33.4 Å². The van der Waals surface area contributed by atoms with Crippen LogP contribution in [0.3, 0.4) is 0 Å². The van der Waals surface area contributed by atoms with Gasteiger partial charge in [-0.05, 0) is 30.3 Å². The van der Waals surface area contributed by atoms with Gasteiger partial charge in [-0.15, -0.1) is 0 Å². The van der Waals surface area contributed by atoms with Crippen molar-refractivity contribution in [3.8, 4) is 0 Å². The molecule has 3 rings (SSSR count). The molecule has 0 spiro atoms. The molecule has 3 heterocycles. The molecular weight excluding hydrogens is 350 g/mol. The Kier molecular flexibility index (Phi) is 5.33. The molecule has 0 aliphatic carbocycles. The van der Waals surface area contributed by atoms with Gasteiger partial charge < -0.3 is 10.4 Å². The predicted octanol–water partition coefficient (Wildman–Crippen LogP) is 4.61. The molecule has 3 aromatic rings. The zero-order valence-corrected chi connectivity index (χ0v) is 14.3. The van der Waals surface area contributed by atoms with Crippen LogP contribution in [0.15, 0.2) is 73.7 Å². The molecule has 2 N–H and O–H groups in total. The predicted molar refractivity (Wildman–Crippen MR) is 101 cm³/mol. The van der Waals surface area contributed by atoms with Gasteiger partial charge in [0.25, 0.3) is 0 Å². The molecule has 0 amide bonds. The standard InChI is InChI=1S/C20H16F2N4O/c1-12(21)8-16(13(2)22)19-9-18(15-4-3-6-24-20(15)26-19)25-17-5-7-23-10-14(17)11-27/h3-10,27H,1-2,11H2,(H,23,24,25,26)/b16-8+. The number of pyridine rings is 3. The minimum atomic E-state index is -0.845. The Hall–Kier alpha value is -3.45. The highest BCUT2D eigenvalue weighted by Gasteiger charge is 2.14.